The largest absolute Gasteiger partial charge is 0.488 e. The fourth-order valence-corrected chi connectivity index (χ4v) is 8.24. The predicted molar refractivity (Wildman–Crippen MR) is 192 cm³/mol. The number of likely N-dealkylation sites (tertiary alicyclic amines) is 1. The van der Waals surface area contributed by atoms with Crippen LogP contribution in [0.1, 0.15) is 55.5 Å². The van der Waals surface area contributed by atoms with Crippen LogP contribution in [0.5, 0.6) is 5.75 Å². The molecule has 5 N–H and O–H groups in total. The average molecular weight is 694 g/mol. The highest BCUT2D eigenvalue weighted by Crippen LogP contribution is 2.43. The number of rotatable bonds is 11. The van der Waals surface area contributed by atoms with Crippen LogP contribution in [0.25, 0.3) is 44.2 Å². The van der Waals surface area contributed by atoms with Crippen LogP contribution in [0.2, 0.25) is 0 Å². The van der Waals surface area contributed by atoms with Crippen LogP contribution in [0.3, 0.4) is 0 Å². The molecule has 6 atom stereocenters. The molecular formula is C38H43N7O6. The van der Waals surface area contributed by atoms with Crippen molar-refractivity contribution in [2.45, 2.75) is 63.1 Å². The van der Waals surface area contributed by atoms with Crippen LogP contribution < -0.4 is 15.4 Å². The quantitative estimate of drug-likeness (QED) is 0.114. The molecule has 0 saturated carbocycles. The van der Waals surface area contributed by atoms with Gasteiger partial charge in [0.15, 0.2) is 6.29 Å². The van der Waals surface area contributed by atoms with Crippen molar-refractivity contribution < 1.29 is 28.9 Å². The minimum absolute atomic E-state index is 0.0763. The lowest BCUT2D eigenvalue weighted by molar-refractivity contribution is -0.118. The van der Waals surface area contributed by atoms with Gasteiger partial charge in [0.05, 0.1) is 47.7 Å². The number of imidazole rings is 2. The molecule has 0 spiro atoms. The van der Waals surface area contributed by atoms with Crippen molar-refractivity contribution in [3.63, 3.8) is 0 Å². The molecule has 0 bridgehead atoms. The minimum Gasteiger partial charge on any atom is -0.488 e. The van der Waals surface area contributed by atoms with Crippen molar-refractivity contribution >= 4 is 34.2 Å². The van der Waals surface area contributed by atoms with Gasteiger partial charge in [-0.2, -0.15) is 0 Å². The summed E-state index contributed by atoms with van der Waals surface area (Å²) >= 11 is 0. The second-order valence-electron chi connectivity index (χ2n) is 14.0. The number of methoxy groups -OCH3 is 2. The van der Waals surface area contributed by atoms with E-state index in [1.807, 2.05) is 6.20 Å². The van der Waals surface area contributed by atoms with Crippen molar-refractivity contribution in [3.05, 3.63) is 65.9 Å². The normalized spacial score (nSPS) is 22.8. The zero-order valence-electron chi connectivity index (χ0n) is 28.9. The molecule has 3 aliphatic heterocycles. The third-order valence-electron chi connectivity index (χ3n) is 10.9. The van der Waals surface area contributed by atoms with Gasteiger partial charge in [0.25, 0.3) is 0 Å². The standard InChI is InChI=1S/C38H43N7O6/c1-20-4-9-32(45(20)16-31(43-38(47)48)34(17-46)50-3)37-41-28-8-6-22-12-27-25-7-5-23(11-24(25)19-51-33(27)13-26(22)35(28)44-37)30-15-40-36(42-30)29-10-21(14-39-29)18-49-2/h5-8,11-13,15,17,20-21,29,31-32,34,39,43H,4,9-10,14,16,18-19H2,1-3H3,(H,40,42)(H,41,44)(H,47,48)/t20-,21-,29-,31-,32-,34-/m0/s1. The molecule has 8 rings (SSSR count). The highest BCUT2D eigenvalue weighted by atomic mass is 16.5. The summed E-state index contributed by atoms with van der Waals surface area (Å²) < 4.78 is 17.0. The summed E-state index contributed by atoms with van der Waals surface area (Å²) in [5, 5.41) is 17.6. The van der Waals surface area contributed by atoms with Crippen LogP contribution in [0, 0.1) is 5.92 Å². The van der Waals surface area contributed by atoms with Crippen molar-refractivity contribution in [2.24, 2.45) is 5.92 Å². The van der Waals surface area contributed by atoms with E-state index >= 15 is 0 Å². The lowest BCUT2D eigenvalue weighted by Gasteiger charge is -2.32. The number of nitrogens with zero attached hydrogens (tertiary/aromatic N) is 3. The van der Waals surface area contributed by atoms with Gasteiger partial charge in [-0.1, -0.05) is 18.2 Å². The van der Waals surface area contributed by atoms with Gasteiger partial charge in [0.1, 0.15) is 30.1 Å². The molecule has 0 unspecified atom stereocenters. The van der Waals surface area contributed by atoms with Crippen molar-refractivity contribution in [1.82, 2.24) is 35.5 Å². The van der Waals surface area contributed by atoms with E-state index in [9.17, 15) is 14.7 Å². The first kappa shape index (κ1) is 33.3. The molecule has 5 aromatic rings. The van der Waals surface area contributed by atoms with E-state index in [0.717, 1.165) is 99.6 Å². The van der Waals surface area contributed by atoms with Gasteiger partial charge in [-0.05, 0) is 78.4 Å². The molecule has 0 radical (unpaired) electrons. The molecule has 2 saturated heterocycles. The second-order valence-corrected chi connectivity index (χ2v) is 14.0. The topological polar surface area (TPSA) is 167 Å². The number of fused-ring (bicyclic) bond motifs is 6. The SMILES string of the molecule is COC[C@@H]1CN[C@H](c2ncc(-c3ccc4c(c3)COc3cc5c(ccc6[nH]c([C@@H]7CC[C@H](C)N7C[C@H](NC(=O)O)[C@H](C=O)OC)nc65)cc3-4)[nH]2)C1. The van der Waals surface area contributed by atoms with Crippen LogP contribution >= 0.6 is 0 Å². The van der Waals surface area contributed by atoms with Gasteiger partial charge < -0.3 is 44.7 Å². The number of aldehydes is 1. The summed E-state index contributed by atoms with van der Waals surface area (Å²) in [5.74, 6) is 3.08. The highest BCUT2D eigenvalue weighted by molar-refractivity contribution is 6.07. The Balaban J connectivity index is 1.06. The van der Waals surface area contributed by atoms with Gasteiger partial charge in [-0.3, -0.25) is 4.90 Å². The number of hydrogen-bond donors (Lipinski definition) is 5. The van der Waals surface area contributed by atoms with Crippen molar-refractivity contribution in [3.8, 4) is 28.1 Å². The van der Waals surface area contributed by atoms with Gasteiger partial charge in [0.2, 0.25) is 0 Å². The van der Waals surface area contributed by atoms with E-state index < -0.39 is 18.2 Å². The van der Waals surface area contributed by atoms with Gasteiger partial charge in [-0.25, -0.2) is 14.8 Å². The number of amides is 1. The summed E-state index contributed by atoms with van der Waals surface area (Å²) in [5.41, 5.74) is 7.15. The Morgan fingerprint density at radius 1 is 1.14 bits per heavy atom. The number of hydrogen-bond acceptors (Lipinski definition) is 9. The molecule has 2 fully saturated rings. The number of aromatic nitrogens is 4. The molecule has 51 heavy (non-hydrogen) atoms. The van der Waals surface area contributed by atoms with Crippen LogP contribution in [-0.4, -0.2) is 94.4 Å². The molecule has 13 nitrogen and oxygen atoms in total. The monoisotopic (exact) mass is 693 g/mol. The van der Waals surface area contributed by atoms with E-state index in [0.29, 0.717) is 25.4 Å². The van der Waals surface area contributed by atoms with Crippen LogP contribution in [0.15, 0.2) is 48.7 Å². The molecule has 3 aliphatic rings. The average Bonchev–Trinajstić information content (AvgIpc) is 3.95. The summed E-state index contributed by atoms with van der Waals surface area (Å²) in [4.78, 5) is 42.4. The number of aromatic amines is 2. The third kappa shape index (κ3) is 6.24. The number of benzene rings is 3. The van der Waals surface area contributed by atoms with Gasteiger partial charge in [-0.15, -0.1) is 0 Å². The summed E-state index contributed by atoms with van der Waals surface area (Å²) in [6.45, 7) is 4.56. The molecule has 2 aromatic heterocycles. The Morgan fingerprint density at radius 3 is 2.82 bits per heavy atom. The Labute approximate surface area is 295 Å². The fourth-order valence-electron chi connectivity index (χ4n) is 8.24. The number of carboxylic acid groups (broad SMARTS) is 1. The molecular weight excluding hydrogens is 650 g/mol. The molecule has 3 aromatic carbocycles. The lowest BCUT2D eigenvalue weighted by atomic mass is 9.92. The maximum absolute atomic E-state index is 11.7. The Hall–Kier alpha value is -4.82. The fraction of sp³-hybridized carbons (Fsp3) is 0.421. The number of H-pyrrole nitrogens is 2. The Kier molecular flexibility index (Phi) is 8.96. The lowest BCUT2D eigenvalue weighted by Crippen LogP contribution is -2.52. The predicted octanol–water partition coefficient (Wildman–Crippen LogP) is 5.34. The molecule has 13 heteroatoms. The first-order valence-corrected chi connectivity index (χ1v) is 17.6. The number of carbonyl (C=O) groups is 2. The maximum atomic E-state index is 11.7. The molecule has 0 aliphatic carbocycles. The molecule has 266 valence electrons. The van der Waals surface area contributed by atoms with Gasteiger partial charge in [0, 0.05) is 44.3 Å². The van der Waals surface area contributed by atoms with Crippen LogP contribution in [-0.2, 0) is 20.9 Å². The van der Waals surface area contributed by atoms with Crippen LogP contribution in [0.4, 0.5) is 4.79 Å². The molecule has 1 amide bonds. The van der Waals surface area contributed by atoms with E-state index in [1.54, 1.807) is 7.11 Å². The first-order valence-electron chi connectivity index (χ1n) is 17.6. The first-order chi connectivity index (χ1) is 24.8. The second kappa shape index (κ2) is 13.7. The number of carbonyl (C=O) groups excluding carboxylic acids is 1. The Bertz CT molecular complexity index is 2090. The summed E-state index contributed by atoms with van der Waals surface area (Å²) in [6, 6.07) is 14.5. The van der Waals surface area contributed by atoms with Gasteiger partial charge >= 0.3 is 6.09 Å². The number of ether oxygens (including phenoxy) is 3. The van der Waals surface area contributed by atoms with E-state index in [2.05, 4.69) is 74.9 Å². The number of nitrogens with one attached hydrogen (secondary N) is 4. The zero-order chi connectivity index (χ0) is 35.2. The zero-order valence-corrected chi connectivity index (χ0v) is 28.9. The van der Waals surface area contributed by atoms with Crippen molar-refractivity contribution in [2.75, 3.05) is 33.9 Å². The van der Waals surface area contributed by atoms with Crippen molar-refractivity contribution in [1.29, 1.82) is 0 Å². The summed E-state index contributed by atoms with van der Waals surface area (Å²) in [7, 11) is 3.16. The van der Waals surface area contributed by atoms with E-state index in [-0.39, 0.29) is 18.1 Å². The smallest absolute Gasteiger partial charge is 0.405 e. The molecule has 5 heterocycles. The minimum atomic E-state index is -1.20. The van der Waals surface area contributed by atoms with E-state index in [4.69, 9.17) is 24.2 Å². The maximum Gasteiger partial charge on any atom is 0.405 e. The van der Waals surface area contributed by atoms with E-state index in [1.165, 1.54) is 7.11 Å². The summed E-state index contributed by atoms with van der Waals surface area (Å²) in [6.07, 6.45) is 3.22. The third-order valence-corrected chi connectivity index (χ3v) is 10.9. The highest BCUT2D eigenvalue weighted by Gasteiger charge is 2.37. The Morgan fingerprint density at radius 2 is 2.02 bits per heavy atom.